The number of aliphatic imine (C=N–C) groups is 1. The van der Waals surface area contributed by atoms with Crippen molar-refractivity contribution in [1.82, 2.24) is 4.72 Å². The first-order chi connectivity index (χ1) is 11.9. The van der Waals surface area contributed by atoms with Crippen molar-refractivity contribution in [3.05, 3.63) is 70.8 Å². The predicted octanol–water partition coefficient (Wildman–Crippen LogP) is 3.27. The maximum absolute atomic E-state index is 12.5. The molecule has 0 radical (unpaired) electrons. The van der Waals surface area contributed by atoms with Crippen molar-refractivity contribution in [3.63, 3.8) is 0 Å². The van der Waals surface area contributed by atoms with E-state index < -0.39 is 10.0 Å². The first-order valence-electron chi connectivity index (χ1n) is 7.89. The Labute approximate surface area is 148 Å². The quantitative estimate of drug-likeness (QED) is 0.914. The lowest BCUT2D eigenvalue weighted by Gasteiger charge is -2.04. The zero-order valence-corrected chi connectivity index (χ0v) is 15.2. The van der Waals surface area contributed by atoms with Crippen LogP contribution in [0.2, 0.25) is 0 Å². The van der Waals surface area contributed by atoms with Crippen molar-refractivity contribution in [3.8, 4) is 5.75 Å². The van der Waals surface area contributed by atoms with E-state index in [0.29, 0.717) is 29.3 Å². The minimum atomic E-state index is -3.61. The fourth-order valence-corrected chi connectivity index (χ4v) is 4.33. The number of ether oxygens (including phenoxy) is 1. The number of benzene rings is 2. The Hall–Kier alpha value is -2.60. The molecule has 3 rings (SSSR count). The lowest BCUT2D eigenvalue weighted by molar-refractivity contribution is 0.415. The number of amidine groups is 1. The second-order valence-electron chi connectivity index (χ2n) is 5.94. The van der Waals surface area contributed by atoms with Crippen LogP contribution in [0.15, 0.2) is 59.1 Å². The van der Waals surface area contributed by atoms with Gasteiger partial charge in [0, 0.05) is 5.57 Å². The summed E-state index contributed by atoms with van der Waals surface area (Å²) >= 11 is 0. The van der Waals surface area contributed by atoms with Crippen molar-refractivity contribution in [2.45, 2.75) is 20.4 Å². The van der Waals surface area contributed by atoms with E-state index in [1.54, 1.807) is 38.3 Å². The standard InChI is InChI=1S/C19H20N2O3S/c1-13-5-4-6-15(11-13)12-20-19-14(2)18(25(22,23)21-19)16-7-9-17(24-3)10-8-16/h4-11H,12H2,1-3H3,(H,20,21). The second-order valence-corrected chi connectivity index (χ2v) is 7.56. The maximum atomic E-state index is 12.5. The van der Waals surface area contributed by atoms with Crippen LogP contribution in [0, 0.1) is 6.92 Å². The molecule has 0 saturated carbocycles. The summed E-state index contributed by atoms with van der Waals surface area (Å²) in [5.41, 5.74) is 3.43. The average Bonchev–Trinajstić information content (AvgIpc) is 2.82. The zero-order chi connectivity index (χ0) is 18.0. The first kappa shape index (κ1) is 17.2. The predicted molar refractivity (Wildman–Crippen MR) is 100.0 cm³/mol. The van der Waals surface area contributed by atoms with Gasteiger partial charge in [-0.1, -0.05) is 29.8 Å². The monoisotopic (exact) mass is 356 g/mol. The highest BCUT2D eigenvalue weighted by Gasteiger charge is 2.32. The van der Waals surface area contributed by atoms with Crippen LogP contribution in [-0.2, 0) is 16.6 Å². The molecule has 6 heteroatoms. The summed E-state index contributed by atoms with van der Waals surface area (Å²) in [4.78, 5) is 4.73. The molecule has 1 aliphatic rings. The third-order valence-electron chi connectivity index (χ3n) is 4.05. The van der Waals surface area contributed by atoms with E-state index >= 15 is 0 Å². The molecular weight excluding hydrogens is 336 g/mol. The van der Waals surface area contributed by atoms with Gasteiger partial charge in [-0.05, 0) is 49.2 Å². The minimum absolute atomic E-state index is 0.262. The van der Waals surface area contributed by atoms with E-state index in [4.69, 9.17) is 4.74 Å². The summed E-state index contributed by atoms with van der Waals surface area (Å²) in [5.74, 6) is 1.08. The highest BCUT2D eigenvalue weighted by Crippen LogP contribution is 2.30. The molecule has 0 amide bonds. The number of nitrogens with one attached hydrogen (secondary N) is 1. The molecule has 0 fully saturated rings. The zero-order valence-electron chi connectivity index (χ0n) is 14.4. The number of methoxy groups -OCH3 is 1. The SMILES string of the molecule is COc1ccc(C2=C(C)C(=NCc3cccc(C)c3)NS2(=O)=O)cc1. The number of sulfonamides is 1. The average molecular weight is 356 g/mol. The van der Waals surface area contributed by atoms with Crippen LogP contribution >= 0.6 is 0 Å². The van der Waals surface area contributed by atoms with E-state index in [1.165, 1.54) is 0 Å². The number of hydrogen-bond donors (Lipinski definition) is 1. The third kappa shape index (κ3) is 3.58. The molecule has 25 heavy (non-hydrogen) atoms. The van der Waals surface area contributed by atoms with E-state index in [2.05, 4.69) is 9.71 Å². The molecule has 2 aromatic rings. The normalized spacial score (nSPS) is 17.6. The summed E-state index contributed by atoms with van der Waals surface area (Å²) in [6.45, 7) is 4.21. The number of hydrogen-bond acceptors (Lipinski definition) is 4. The Balaban J connectivity index is 1.94. The molecule has 0 aliphatic carbocycles. The van der Waals surface area contributed by atoms with Gasteiger partial charge < -0.3 is 4.74 Å². The van der Waals surface area contributed by atoms with E-state index in [-0.39, 0.29) is 4.91 Å². The van der Waals surface area contributed by atoms with Crippen LogP contribution < -0.4 is 9.46 Å². The van der Waals surface area contributed by atoms with Crippen LogP contribution in [0.5, 0.6) is 5.75 Å². The van der Waals surface area contributed by atoms with E-state index in [9.17, 15) is 8.42 Å². The highest BCUT2D eigenvalue weighted by atomic mass is 32.2. The molecule has 0 atom stereocenters. The Bertz CT molecular complexity index is 958. The van der Waals surface area contributed by atoms with Crippen molar-refractivity contribution in [2.75, 3.05) is 7.11 Å². The molecule has 1 N–H and O–H groups in total. The summed E-state index contributed by atoms with van der Waals surface area (Å²) in [6.07, 6.45) is 0. The Morgan fingerprint density at radius 3 is 2.44 bits per heavy atom. The van der Waals surface area contributed by atoms with Gasteiger partial charge in [0.2, 0.25) is 0 Å². The van der Waals surface area contributed by atoms with Gasteiger partial charge >= 0.3 is 0 Å². The van der Waals surface area contributed by atoms with Crippen molar-refractivity contribution >= 4 is 20.8 Å². The Kier molecular flexibility index (Phi) is 4.63. The van der Waals surface area contributed by atoms with Crippen LogP contribution in [-0.4, -0.2) is 21.4 Å². The van der Waals surface area contributed by atoms with E-state index in [1.807, 2.05) is 31.2 Å². The fraction of sp³-hybridized carbons (Fsp3) is 0.211. The van der Waals surface area contributed by atoms with Gasteiger partial charge in [-0.25, -0.2) is 8.42 Å². The number of aryl methyl sites for hydroxylation is 1. The minimum Gasteiger partial charge on any atom is -0.497 e. The Morgan fingerprint density at radius 2 is 1.80 bits per heavy atom. The fourth-order valence-electron chi connectivity index (χ4n) is 2.81. The molecule has 0 spiro atoms. The first-order valence-corrected chi connectivity index (χ1v) is 9.37. The van der Waals surface area contributed by atoms with Crippen LogP contribution in [0.25, 0.3) is 4.91 Å². The van der Waals surface area contributed by atoms with Gasteiger partial charge in [-0.15, -0.1) is 0 Å². The molecule has 0 saturated heterocycles. The molecule has 5 nitrogen and oxygen atoms in total. The molecule has 1 aliphatic heterocycles. The smallest absolute Gasteiger partial charge is 0.264 e. The largest absolute Gasteiger partial charge is 0.497 e. The summed E-state index contributed by atoms with van der Waals surface area (Å²) < 4.78 is 32.7. The Morgan fingerprint density at radius 1 is 1.08 bits per heavy atom. The molecule has 0 unspecified atom stereocenters. The molecule has 2 aromatic carbocycles. The summed E-state index contributed by atoms with van der Waals surface area (Å²) in [6, 6.07) is 15.0. The topological polar surface area (TPSA) is 67.8 Å². The van der Waals surface area contributed by atoms with Gasteiger partial charge in [0.05, 0.1) is 13.7 Å². The molecule has 130 valence electrons. The van der Waals surface area contributed by atoms with Gasteiger partial charge in [0.1, 0.15) is 16.5 Å². The summed E-state index contributed by atoms with van der Waals surface area (Å²) in [7, 11) is -2.04. The maximum Gasteiger partial charge on any atom is 0.264 e. The lowest BCUT2D eigenvalue weighted by Crippen LogP contribution is -2.23. The van der Waals surface area contributed by atoms with Gasteiger partial charge in [0.25, 0.3) is 10.0 Å². The van der Waals surface area contributed by atoms with Crippen molar-refractivity contribution < 1.29 is 13.2 Å². The van der Waals surface area contributed by atoms with Crippen molar-refractivity contribution in [2.24, 2.45) is 4.99 Å². The second kappa shape index (κ2) is 6.72. The molecule has 0 aromatic heterocycles. The van der Waals surface area contributed by atoms with Crippen LogP contribution in [0.4, 0.5) is 0 Å². The van der Waals surface area contributed by atoms with Crippen LogP contribution in [0.3, 0.4) is 0 Å². The summed E-state index contributed by atoms with van der Waals surface area (Å²) in [5, 5.41) is 0. The van der Waals surface area contributed by atoms with Crippen molar-refractivity contribution in [1.29, 1.82) is 0 Å². The van der Waals surface area contributed by atoms with Gasteiger partial charge in [-0.3, -0.25) is 9.71 Å². The van der Waals surface area contributed by atoms with E-state index in [0.717, 1.165) is 11.1 Å². The van der Waals surface area contributed by atoms with Gasteiger partial charge in [-0.2, -0.15) is 0 Å². The molecule has 0 bridgehead atoms. The van der Waals surface area contributed by atoms with Gasteiger partial charge in [0.15, 0.2) is 0 Å². The lowest BCUT2D eigenvalue weighted by atomic mass is 10.1. The molecule has 1 heterocycles. The highest BCUT2D eigenvalue weighted by molar-refractivity contribution is 8.00. The number of nitrogens with zero attached hydrogens (tertiary/aromatic N) is 1. The van der Waals surface area contributed by atoms with Crippen LogP contribution in [0.1, 0.15) is 23.6 Å². The number of rotatable bonds is 4. The molecular formula is C19H20N2O3S. The third-order valence-corrected chi connectivity index (χ3v) is 5.59.